The van der Waals surface area contributed by atoms with Crippen LogP contribution in [0.15, 0.2) is 54.6 Å². The number of hydrogen-bond donors (Lipinski definition) is 3. The summed E-state index contributed by atoms with van der Waals surface area (Å²) in [5, 5.41) is 8.90. The van der Waals surface area contributed by atoms with Crippen molar-refractivity contribution < 1.29 is 35.9 Å². The summed E-state index contributed by atoms with van der Waals surface area (Å²) in [4.78, 5) is 12.1. The minimum Gasteiger partial charge on any atom is -0.456 e. The highest BCUT2D eigenvalue weighted by atomic mass is 32.2. The Hall–Kier alpha value is -3.80. The van der Waals surface area contributed by atoms with Gasteiger partial charge in [0.2, 0.25) is 10.0 Å². The van der Waals surface area contributed by atoms with Crippen LogP contribution in [0.25, 0.3) is 10.8 Å². The van der Waals surface area contributed by atoms with Crippen LogP contribution in [0.2, 0.25) is 0 Å². The smallest absolute Gasteiger partial charge is 0.456 e. The van der Waals surface area contributed by atoms with E-state index in [2.05, 4.69) is 9.46 Å². The highest BCUT2D eigenvalue weighted by molar-refractivity contribution is 7.92. The summed E-state index contributed by atoms with van der Waals surface area (Å²) < 4.78 is 71.7. The van der Waals surface area contributed by atoms with Crippen molar-refractivity contribution in [3.8, 4) is 11.5 Å². The topological polar surface area (TPSA) is 132 Å². The van der Waals surface area contributed by atoms with Gasteiger partial charge < -0.3 is 15.2 Å². The van der Waals surface area contributed by atoms with Crippen LogP contribution < -0.4 is 15.2 Å². The number of carbonyl (C=O) groups is 1. The van der Waals surface area contributed by atoms with E-state index in [4.69, 9.17) is 15.9 Å². The van der Waals surface area contributed by atoms with E-state index in [-0.39, 0.29) is 23.0 Å². The average Bonchev–Trinajstić information content (AvgIpc) is 2.66. The standard InChI is InChI=1S/C20H16F3N3O5S/c1-32(28,29)26-14-5-7-17(16(10-14)19(27)31-20(21,22)23)30-15-6-4-11-8-13(18(24)25)3-2-12(11)9-15/h2-10,26H,1H3,(H3,24,25). The van der Waals surface area contributed by atoms with Crippen LogP contribution >= 0.6 is 0 Å². The summed E-state index contributed by atoms with van der Waals surface area (Å²) in [6.07, 6.45) is -4.40. The van der Waals surface area contributed by atoms with Gasteiger partial charge in [0.15, 0.2) is 0 Å². The molecule has 0 saturated heterocycles. The Bertz CT molecular complexity index is 1320. The maximum atomic E-state index is 12.6. The van der Waals surface area contributed by atoms with Gasteiger partial charge in [-0.3, -0.25) is 10.1 Å². The third-order valence-electron chi connectivity index (χ3n) is 4.06. The van der Waals surface area contributed by atoms with Crippen LogP contribution in [-0.4, -0.2) is 32.8 Å². The van der Waals surface area contributed by atoms with Gasteiger partial charge in [0.1, 0.15) is 22.9 Å². The van der Waals surface area contributed by atoms with Gasteiger partial charge in [-0.25, -0.2) is 13.2 Å². The number of carbonyl (C=O) groups excluding carboxylic acids is 1. The van der Waals surface area contributed by atoms with E-state index >= 15 is 0 Å². The Balaban J connectivity index is 1.99. The molecule has 0 aliphatic rings. The molecule has 8 nitrogen and oxygen atoms in total. The minimum atomic E-state index is -5.24. The van der Waals surface area contributed by atoms with E-state index in [1.165, 1.54) is 12.1 Å². The molecule has 0 aliphatic carbocycles. The number of rotatable bonds is 6. The van der Waals surface area contributed by atoms with Gasteiger partial charge in [-0.15, -0.1) is 13.2 Å². The third kappa shape index (κ3) is 5.88. The number of alkyl halides is 3. The number of nitrogens with one attached hydrogen (secondary N) is 2. The fourth-order valence-electron chi connectivity index (χ4n) is 2.80. The molecule has 0 heterocycles. The van der Waals surface area contributed by atoms with Gasteiger partial charge in [-0.1, -0.05) is 18.2 Å². The van der Waals surface area contributed by atoms with Crippen LogP contribution in [0.3, 0.4) is 0 Å². The zero-order chi connectivity index (χ0) is 23.7. The molecule has 0 spiro atoms. The fraction of sp³-hybridized carbons (Fsp3) is 0.100. The van der Waals surface area contributed by atoms with E-state index in [0.29, 0.717) is 10.9 Å². The Morgan fingerprint density at radius 2 is 1.69 bits per heavy atom. The first-order valence-electron chi connectivity index (χ1n) is 8.79. The maximum Gasteiger partial charge on any atom is 0.575 e. The monoisotopic (exact) mass is 467 g/mol. The van der Waals surface area contributed by atoms with Crippen LogP contribution in [0.4, 0.5) is 18.9 Å². The van der Waals surface area contributed by atoms with Gasteiger partial charge in [-0.2, -0.15) is 0 Å². The number of hydrogen-bond acceptors (Lipinski definition) is 6. The molecule has 0 aromatic heterocycles. The Morgan fingerprint density at radius 1 is 1.03 bits per heavy atom. The minimum absolute atomic E-state index is 0.108. The number of nitrogens with two attached hydrogens (primary N) is 1. The van der Waals surface area contributed by atoms with Gasteiger partial charge in [0.05, 0.1) is 6.26 Å². The van der Waals surface area contributed by atoms with E-state index in [1.807, 2.05) is 0 Å². The molecule has 4 N–H and O–H groups in total. The number of sulfonamides is 1. The van der Waals surface area contributed by atoms with Crippen molar-refractivity contribution in [3.05, 3.63) is 65.7 Å². The first kappa shape index (κ1) is 22.9. The average molecular weight is 467 g/mol. The van der Waals surface area contributed by atoms with Crippen LogP contribution in [0.5, 0.6) is 11.5 Å². The molecular formula is C20H16F3N3O5S. The molecule has 0 aliphatic heterocycles. The van der Waals surface area contributed by atoms with Crippen LogP contribution in [0, 0.1) is 5.41 Å². The number of esters is 1. The number of benzene rings is 3. The third-order valence-corrected chi connectivity index (χ3v) is 4.67. The maximum absolute atomic E-state index is 12.6. The normalized spacial score (nSPS) is 11.8. The molecule has 3 aromatic carbocycles. The lowest BCUT2D eigenvalue weighted by molar-refractivity contribution is -0.291. The lowest BCUT2D eigenvalue weighted by Crippen LogP contribution is -2.20. The van der Waals surface area contributed by atoms with Crippen molar-refractivity contribution in [1.29, 1.82) is 5.41 Å². The molecule has 32 heavy (non-hydrogen) atoms. The van der Waals surface area contributed by atoms with Crippen LogP contribution in [0.1, 0.15) is 15.9 Å². The van der Waals surface area contributed by atoms with Crippen molar-refractivity contribution in [1.82, 2.24) is 0 Å². The van der Waals surface area contributed by atoms with Gasteiger partial charge in [-0.05, 0) is 47.2 Å². The van der Waals surface area contributed by atoms with Crippen LogP contribution in [-0.2, 0) is 14.8 Å². The highest BCUT2D eigenvalue weighted by Crippen LogP contribution is 2.32. The molecule has 0 saturated carbocycles. The lowest BCUT2D eigenvalue weighted by atomic mass is 10.1. The Morgan fingerprint density at radius 3 is 2.31 bits per heavy atom. The number of halogens is 3. The molecular weight excluding hydrogens is 451 g/mol. The summed E-state index contributed by atoms with van der Waals surface area (Å²) in [7, 11) is -3.75. The van der Waals surface area contributed by atoms with Crippen molar-refractivity contribution >= 4 is 38.3 Å². The molecule has 0 unspecified atom stereocenters. The Kier molecular flexibility index (Phi) is 5.99. The largest absolute Gasteiger partial charge is 0.575 e. The molecule has 0 atom stereocenters. The summed E-state index contributed by atoms with van der Waals surface area (Å²) >= 11 is 0. The van der Waals surface area contributed by atoms with Gasteiger partial charge >= 0.3 is 12.3 Å². The molecule has 12 heteroatoms. The summed E-state index contributed by atoms with van der Waals surface area (Å²) in [6.45, 7) is 0. The van der Waals surface area contributed by atoms with E-state index in [1.54, 1.807) is 30.3 Å². The summed E-state index contributed by atoms with van der Waals surface area (Å²) in [5.74, 6) is -1.96. The molecule has 3 aromatic rings. The predicted octanol–water partition coefficient (Wildman–Crippen LogP) is 3.96. The van der Waals surface area contributed by atoms with E-state index in [0.717, 1.165) is 23.8 Å². The fourth-order valence-corrected chi connectivity index (χ4v) is 3.35. The quantitative estimate of drug-likeness (QED) is 0.286. The molecule has 168 valence electrons. The molecule has 0 radical (unpaired) electrons. The SMILES string of the molecule is CS(=O)(=O)Nc1ccc(Oc2ccc3cc(C(=N)N)ccc3c2)c(C(=O)OC(F)(F)F)c1. The van der Waals surface area contributed by atoms with Crippen molar-refractivity contribution in [2.24, 2.45) is 5.73 Å². The Labute approximate surface area is 180 Å². The second-order valence-electron chi connectivity index (χ2n) is 6.66. The number of anilines is 1. The highest BCUT2D eigenvalue weighted by Gasteiger charge is 2.35. The molecule has 3 rings (SSSR count). The second kappa shape index (κ2) is 8.38. The summed E-state index contributed by atoms with van der Waals surface area (Å²) in [6, 6.07) is 12.9. The lowest BCUT2D eigenvalue weighted by Gasteiger charge is -2.14. The number of nitrogen functional groups attached to an aromatic ring is 1. The van der Waals surface area contributed by atoms with Crippen molar-refractivity contribution in [3.63, 3.8) is 0 Å². The zero-order valence-electron chi connectivity index (χ0n) is 16.4. The van der Waals surface area contributed by atoms with E-state index < -0.39 is 27.9 Å². The van der Waals surface area contributed by atoms with Gasteiger partial charge in [0.25, 0.3) is 0 Å². The number of ether oxygens (including phenoxy) is 2. The number of fused-ring (bicyclic) bond motifs is 1. The second-order valence-corrected chi connectivity index (χ2v) is 8.41. The first-order chi connectivity index (χ1) is 14.8. The predicted molar refractivity (Wildman–Crippen MR) is 111 cm³/mol. The molecule has 0 amide bonds. The molecule has 0 bridgehead atoms. The van der Waals surface area contributed by atoms with E-state index in [9.17, 15) is 26.4 Å². The van der Waals surface area contributed by atoms with Crippen molar-refractivity contribution in [2.75, 3.05) is 11.0 Å². The summed E-state index contributed by atoms with van der Waals surface area (Å²) in [5.41, 5.74) is 5.19. The van der Waals surface area contributed by atoms with Crippen molar-refractivity contribution in [2.45, 2.75) is 6.36 Å². The first-order valence-corrected chi connectivity index (χ1v) is 10.7. The number of amidine groups is 1. The molecule has 0 fully saturated rings. The zero-order valence-corrected chi connectivity index (χ0v) is 17.2. The van der Waals surface area contributed by atoms with Gasteiger partial charge in [0, 0.05) is 11.3 Å².